The van der Waals surface area contributed by atoms with Gasteiger partial charge in [-0.05, 0) is 23.5 Å². The van der Waals surface area contributed by atoms with Crippen molar-refractivity contribution < 1.29 is 43.1 Å². The summed E-state index contributed by atoms with van der Waals surface area (Å²) in [6, 6.07) is -2.36. The highest BCUT2D eigenvalue weighted by atomic mass is 16.7. The van der Waals surface area contributed by atoms with Crippen LogP contribution in [0.25, 0.3) is 31.3 Å². The molecule has 2 heterocycles. The smallest absolute Gasteiger partial charge is 0.303 e. The number of aliphatic hydroxyl groups excluding tert-OH is 1. The van der Waals surface area contributed by atoms with Crippen molar-refractivity contribution in [1.82, 2.24) is 0 Å². The minimum Gasteiger partial charge on any atom is -0.458 e. The topological polar surface area (TPSA) is 256 Å². The molecule has 0 unspecified atom stereocenters. The lowest BCUT2D eigenvalue weighted by molar-refractivity contribution is -0.325. The molecule has 2 aliphatic heterocycles. The summed E-state index contributed by atoms with van der Waals surface area (Å²) >= 11 is 0. The molecule has 0 aromatic rings. The van der Waals surface area contributed by atoms with Gasteiger partial charge in [0.15, 0.2) is 24.8 Å². The number of methoxy groups -OCH3 is 1. The first-order chi connectivity index (χ1) is 16.7. The van der Waals surface area contributed by atoms with E-state index in [0.717, 1.165) is 13.8 Å². The number of ether oxygens (including phenoxy) is 6. The van der Waals surface area contributed by atoms with Crippen LogP contribution in [0.15, 0.2) is 15.3 Å². The van der Waals surface area contributed by atoms with Crippen LogP contribution in [0.1, 0.15) is 20.8 Å². The molecule has 0 aromatic carbocycles. The molecule has 18 nitrogen and oxygen atoms in total. The average Bonchev–Trinajstić information content (AvgIpc) is 2.80. The number of nitrogens with zero attached hydrogens (tertiary/aromatic N) is 9. The molecular weight excluding hydrogens is 474 g/mol. The van der Waals surface area contributed by atoms with E-state index in [9.17, 15) is 14.7 Å². The zero-order chi connectivity index (χ0) is 26.1. The largest absolute Gasteiger partial charge is 0.458 e. The second-order valence-corrected chi connectivity index (χ2v) is 7.53. The Kier molecular flexibility index (Phi) is 10.3. The number of aliphatic hydroxyl groups is 1. The quantitative estimate of drug-likeness (QED) is 0.207. The molecular formula is C17H25N9O9. The van der Waals surface area contributed by atoms with Gasteiger partial charge in [0.05, 0.1) is 18.8 Å². The Balaban J connectivity index is 2.48. The number of azide groups is 3. The van der Waals surface area contributed by atoms with Crippen molar-refractivity contribution in [3.63, 3.8) is 0 Å². The minimum absolute atomic E-state index is 0.315. The molecule has 0 amide bonds. The third-order valence-electron chi connectivity index (χ3n) is 5.22. The first-order valence-corrected chi connectivity index (χ1v) is 10.3. The van der Waals surface area contributed by atoms with Crippen molar-refractivity contribution in [2.45, 2.75) is 82.1 Å². The van der Waals surface area contributed by atoms with Crippen molar-refractivity contribution in [2.24, 2.45) is 15.3 Å². The van der Waals surface area contributed by atoms with Gasteiger partial charge in [-0.2, -0.15) is 0 Å². The third-order valence-corrected chi connectivity index (χ3v) is 5.22. The summed E-state index contributed by atoms with van der Waals surface area (Å²) in [4.78, 5) is 31.7. The van der Waals surface area contributed by atoms with Crippen LogP contribution in [-0.4, -0.2) is 92.0 Å². The van der Waals surface area contributed by atoms with E-state index in [1.165, 1.54) is 14.0 Å². The Hall–Kier alpha value is -3.33. The van der Waals surface area contributed by atoms with E-state index in [0.29, 0.717) is 0 Å². The van der Waals surface area contributed by atoms with Gasteiger partial charge in [0.25, 0.3) is 0 Å². The number of rotatable bonds is 9. The Morgan fingerprint density at radius 3 is 2.06 bits per heavy atom. The number of carbonyl (C=O) groups excluding carboxylic acids is 2. The Labute approximate surface area is 198 Å². The fourth-order valence-electron chi connectivity index (χ4n) is 3.82. The number of hydrogen-bond donors (Lipinski definition) is 1. The molecule has 0 aromatic heterocycles. The van der Waals surface area contributed by atoms with Crippen LogP contribution in [0.5, 0.6) is 0 Å². The molecule has 2 aliphatic rings. The van der Waals surface area contributed by atoms with Gasteiger partial charge in [-0.3, -0.25) is 9.59 Å². The van der Waals surface area contributed by atoms with Gasteiger partial charge in [0.2, 0.25) is 0 Å². The zero-order valence-electron chi connectivity index (χ0n) is 19.2. The predicted molar refractivity (Wildman–Crippen MR) is 112 cm³/mol. The van der Waals surface area contributed by atoms with Gasteiger partial charge >= 0.3 is 11.9 Å². The molecule has 0 spiro atoms. The van der Waals surface area contributed by atoms with Crippen LogP contribution in [0, 0.1) is 0 Å². The highest BCUT2D eigenvalue weighted by Gasteiger charge is 2.53. The molecule has 10 atom stereocenters. The number of esters is 2. The van der Waals surface area contributed by atoms with Crippen LogP contribution in [-0.2, 0) is 38.0 Å². The first-order valence-electron chi connectivity index (χ1n) is 10.3. The van der Waals surface area contributed by atoms with Crippen molar-refractivity contribution in [3.05, 3.63) is 31.3 Å². The fourth-order valence-corrected chi connectivity index (χ4v) is 3.82. The minimum atomic E-state index is -1.53. The maximum Gasteiger partial charge on any atom is 0.303 e. The van der Waals surface area contributed by atoms with Crippen molar-refractivity contribution in [3.8, 4) is 0 Å². The Morgan fingerprint density at radius 2 is 1.51 bits per heavy atom. The Bertz CT molecular complexity index is 919. The lowest BCUT2D eigenvalue weighted by Gasteiger charge is -2.47. The fraction of sp³-hybridized carbons (Fsp3) is 0.882. The van der Waals surface area contributed by atoms with Crippen LogP contribution in [0.4, 0.5) is 0 Å². The van der Waals surface area contributed by atoms with Gasteiger partial charge < -0.3 is 33.5 Å². The summed E-state index contributed by atoms with van der Waals surface area (Å²) in [5.74, 6) is -1.56. The predicted octanol–water partition coefficient (Wildman–Crippen LogP) is 1.38. The summed E-state index contributed by atoms with van der Waals surface area (Å²) in [7, 11) is 1.26. The highest BCUT2D eigenvalue weighted by molar-refractivity contribution is 5.67. The lowest BCUT2D eigenvalue weighted by Crippen LogP contribution is -2.64. The second-order valence-electron chi connectivity index (χ2n) is 7.53. The van der Waals surface area contributed by atoms with Crippen molar-refractivity contribution in [2.75, 3.05) is 13.7 Å². The van der Waals surface area contributed by atoms with Gasteiger partial charge in [-0.25, -0.2) is 0 Å². The molecule has 192 valence electrons. The van der Waals surface area contributed by atoms with E-state index >= 15 is 0 Å². The van der Waals surface area contributed by atoms with E-state index in [1.807, 2.05) is 0 Å². The maximum absolute atomic E-state index is 11.8. The number of carbonyl (C=O) groups is 2. The zero-order valence-corrected chi connectivity index (χ0v) is 19.2. The van der Waals surface area contributed by atoms with Gasteiger partial charge in [-0.1, -0.05) is 15.3 Å². The molecule has 1 N–H and O–H groups in total. The molecule has 0 saturated carbocycles. The van der Waals surface area contributed by atoms with E-state index in [-0.39, 0.29) is 6.54 Å². The normalized spacial score (nSPS) is 36.5. The third kappa shape index (κ3) is 6.85. The second kappa shape index (κ2) is 12.9. The van der Waals surface area contributed by atoms with Crippen LogP contribution in [0.3, 0.4) is 0 Å². The standard InChI is InChI=1S/C17H25N9O9/c1-6-10(22-25-19)14(32-7(2)27)15(33-8(3)28)17(31-6)35-13-11(23-26-20)16(30-4)34-9(12(13)29)5-21-24-18/h6,9-17,29H,5H2,1-4H3/t6-,9-,10-,11-,12-,13-,14+,15-,16-,17+/m1/s1. The van der Waals surface area contributed by atoms with Crippen LogP contribution < -0.4 is 0 Å². The Morgan fingerprint density at radius 1 is 0.914 bits per heavy atom. The summed E-state index contributed by atoms with van der Waals surface area (Å²) < 4.78 is 33.0. The first kappa shape index (κ1) is 27.9. The molecule has 0 aliphatic carbocycles. The van der Waals surface area contributed by atoms with Crippen molar-refractivity contribution in [1.29, 1.82) is 0 Å². The lowest BCUT2D eigenvalue weighted by atomic mass is 9.95. The van der Waals surface area contributed by atoms with Crippen LogP contribution in [0.2, 0.25) is 0 Å². The van der Waals surface area contributed by atoms with Gasteiger partial charge in [-0.15, -0.1) is 0 Å². The highest BCUT2D eigenvalue weighted by Crippen LogP contribution is 2.34. The van der Waals surface area contributed by atoms with Gasteiger partial charge in [0, 0.05) is 35.7 Å². The van der Waals surface area contributed by atoms with E-state index in [4.69, 9.17) is 45.0 Å². The van der Waals surface area contributed by atoms with E-state index < -0.39 is 73.2 Å². The maximum atomic E-state index is 11.8. The van der Waals surface area contributed by atoms with Gasteiger partial charge in [0.1, 0.15) is 24.3 Å². The summed E-state index contributed by atoms with van der Waals surface area (Å²) in [5, 5.41) is 21.5. The van der Waals surface area contributed by atoms with Crippen LogP contribution >= 0.6 is 0 Å². The molecule has 2 saturated heterocycles. The molecule has 2 rings (SSSR count). The monoisotopic (exact) mass is 499 g/mol. The molecule has 18 heteroatoms. The number of hydrogen-bond acceptors (Lipinski definition) is 12. The molecule has 0 bridgehead atoms. The van der Waals surface area contributed by atoms with E-state index in [2.05, 4.69) is 30.1 Å². The summed E-state index contributed by atoms with van der Waals surface area (Å²) in [5.41, 5.74) is 26.6. The summed E-state index contributed by atoms with van der Waals surface area (Å²) in [6.45, 7) is 3.39. The van der Waals surface area contributed by atoms with Crippen molar-refractivity contribution >= 4 is 11.9 Å². The SMILES string of the molecule is CO[C@@H]1O[C@H](CN=[N+]=[N-])[C@@H](O)[C@H](O[C@@H]2O[C@H](C)[C@@H](N=[N+]=[N-])[C@H](OC(C)=O)[C@H]2OC(C)=O)[C@H]1N=[N+]=[N-]. The van der Waals surface area contributed by atoms with E-state index in [1.54, 1.807) is 0 Å². The molecule has 0 radical (unpaired) electrons. The summed E-state index contributed by atoms with van der Waals surface area (Å²) in [6.07, 6.45) is -10.4. The average molecular weight is 499 g/mol. The molecule has 35 heavy (non-hydrogen) atoms. The molecule has 2 fully saturated rings.